The molecule has 6 rings (SSSR count). The average molecular weight is 656 g/mol. The van der Waals surface area contributed by atoms with Gasteiger partial charge in [-0.1, -0.05) is 80.6 Å². The van der Waals surface area contributed by atoms with Gasteiger partial charge >= 0.3 is 5.97 Å². The summed E-state index contributed by atoms with van der Waals surface area (Å²) in [5, 5.41) is 13.6. The Morgan fingerprint density at radius 1 is 1.02 bits per heavy atom. The minimum absolute atomic E-state index is 0.0687. The molecule has 0 radical (unpaired) electrons. The van der Waals surface area contributed by atoms with Crippen LogP contribution in [0.5, 0.6) is 0 Å². The number of cyclic esters (lactones) is 1. The number of carbonyl (C=O) groups is 4. The summed E-state index contributed by atoms with van der Waals surface area (Å²) >= 11 is 0. The van der Waals surface area contributed by atoms with Crippen molar-refractivity contribution >= 4 is 29.4 Å². The summed E-state index contributed by atoms with van der Waals surface area (Å²) in [6.45, 7) is 7.87. The average Bonchev–Trinajstić information content (AvgIpc) is 3.45. The zero-order chi connectivity index (χ0) is 34.2. The Morgan fingerprint density at radius 3 is 2.52 bits per heavy atom. The van der Waals surface area contributed by atoms with E-state index in [1.54, 1.807) is 23.1 Å². The first-order chi connectivity index (χ1) is 23.1. The molecule has 4 heterocycles. The standard InChI is InChI=1S/C38H45N3O7/c1-23(2)19-27(22-42)41-34-36(45)40(28-20-24(3)15-16-25(28)4)18-10-17-38(34)33(35(41)44)32-29(48-38)13-8-9-14-31(43)39-21-30(47-37(32)46)26-11-6-5-7-12-26/h5-8,10-13,15-17,20,23,27,29-30,32-34,42H,9,14,18-19,21-22H2,1-4H3,(H,39,43)/b13-8-/t27-,29+,30-,32-,33-,34+,38-/m1/s1. The third-order valence-corrected chi connectivity index (χ3v) is 9.99. The number of carbonyl (C=O) groups excluding carboxylic acids is 4. The third-order valence-electron chi connectivity index (χ3n) is 9.99. The number of rotatable bonds is 6. The lowest BCUT2D eigenvalue weighted by molar-refractivity contribution is -0.160. The molecule has 48 heavy (non-hydrogen) atoms. The summed E-state index contributed by atoms with van der Waals surface area (Å²) in [7, 11) is 0. The van der Waals surface area contributed by atoms with Crippen molar-refractivity contribution in [1.29, 1.82) is 0 Å². The molecule has 0 saturated carbocycles. The zero-order valence-electron chi connectivity index (χ0n) is 28.0. The van der Waals surface area contributed by atoms with E-state index < -0.39 is 53.6 Å². The van der Waals surface area contributed by atoms with Crippen molar-refractivity contribution in [3.05, 3.63) is 89.5 Å². The van der Waals surface area contributed by atoms with Gasteiger partial charge in [0, 0.05) is 18.7 Å². The maximum absolute atomic E-state index is 14.9. The summed E-state index contributed by atoms with van der Waals surface area (Å²) in [4.78, 5) is 60.0. The van der Waals surface area contributed by atoms with Crippen LogP contribution in [0.1, 0.15) is 55.9 Å². The molecule has 2 aromatic carbocycles. The number of amides is 3. The van der Waals surface area contributed by atoms with Crippen LogP contribution in [0, 0.1) is 31.6 Å². The zero-order valence-corrected chi connectivity index (χ0v) is 28.0. The fraction of sp³-hybridized carbons (Fsp3) is 0.474. The number of hydrogen-bond acceptors (Lipinski definition) is 7. The Kier molecular flexibility index (Phi) is 9.58. The molecule has 0 bridgehead atoms. The van der Waals surface area contributed by atoms with Crippen LogP contribution in [0.3, 0.4) is 0 Å². The topological polar surface area (TPSA) is 125 Å². The van der Waals surface area contributed by atoms with Gasteiger partial charge in [-0.15, -0.1) is 0 Å². The van der Waals surface area contributed by atoms with Crippen LogP contribution in [-0.2, 0) is 28.7 Å². The number of benzene rings is 2. The van der Waals surface area contributed by atoms with Crippen molar-refractivity contribution in [3.63, 3.8) is 0 Å². The SMILES string of the molecule is Cc1ccc(C)c(N2CC=C[C@@]34O[C@H]5/C=C\CCC(=O)NC[C@H](c6ccccc6)OC(=O)[C@H]5[C@@H]3C(=O)N([C@@H](CO)CC(C)C)[C@H]4C2=O)c1. The predicted octanol–water partition coefficient (Wildman–Crippen LogP) is 3.94. The molecule has 2 aromatic rings. The normalized spacial score (nSPS) is 30.4. The number of allylic oxidation sites excluding steroid dienone is 1. The molecule has 1 spiro atoms. The number of aryl methyl sites for hydroxylation is 2. The molecule has 0 aliphatic carbocycles. The lowest BCUT2D eigenvalue weighted by atomic mass is 9.77. The maximum atomic E-state index is 14.9. The van der Waals surface area contributed by atoms with Crippen LogP contribution >= 0.6 is 0 Å². The van der Waals surface area contributed by atoms with Gasteiger partial charge in [0.25, 0.3) is 5.91 Å². The van der Waals surface area contributed by atoms with Gasteiger partial charge < -0.3 is 29.7 Å². The number of ether oxygens (including phenoxy) is 2. The van der Waals surface area contributed by atoms with Crippen molar-refractivity contribution in [2.24, 2.45) is 17.8 Å². The highest BCUT2D eigenvalue weighted by Gasteiger charge is 2.72. The minimum Gasteiger partial charge on any atom is -0.455 e. The van der Waals surface area contributed by atoms with E-state index in [2.05, 4.69) is 5.32 Å². The van der Waals surface area contributed by atoms with Crippen molar-refractivity contribution in [3.8, 4) is 0 Å². The van der Waals surface area contributed by atoms with Crippen molar-refractivity contribution in [1.82, 2.24) is 10.2 Å². The molecule has 2 N–H and O–H groups in total. The summed E-state index contributed by atoms with van der Waals surface area (Å²) in [6, 6.07) is 13.3. The maximum Gasteiger partial charge on any atom is 0.313 e. The van der Waals surface area contributed by atoms with Crippen molar-refractivity contribution < 1.29 is 33.8 Å². The molecule has 0 unspecified atom stereocenters. The van der Waals surface area contributed by atoms with Gasteiger partial charge in [0.05, 0.1) is 31.2 Å². The molecule has 2 fully saturated rings. The quantitative estimate of drug-likeness (QED) is 0.357. The second-order valence-electron chi connectivity index (χ2n) is 13.8. The number of aliphatic hydroxyl groups excluding tert-OH is 1. The van der Waals surface area contributed by atoms with E-state index in [-0.39, 0.29) is 43.8 Å². The molecule has 10 nitrogen and oxygen atoms in total. The summed E-state index contributed by atoms with van der Waals surface area (Å²) < 4.78 is 13.0. The summed E-state index contributed by atoms with van der Waals surface area (Å²) in [5.74, 6) is -3.63. The number of fused-ring (bicyclic) bond motifs is 2. The Labute approximate surface area is 281 Å². The number of aliphatic hydroxyl groups is 1. The summed E-state index contributed by atoms with van der Waals surface area (Å²) in [6.07, 6.45) is 6.54. The number of likely N-dealkylation sites (tertiary alicyclic amines) is 1. The second kappa shape index (κ2) is 13.7. The van der Waals surface area contributed by atoms with Gasteiger partial charge in [-0.2, -0.15) is 0 Å². The van der Waals surface area contributed by atoms with E-state index in [9.17, 15) is 24.3 Å². The van der Waals surface area contributed by atoms with Crippen LogP contribution < -0.4 is 10.2 Å². The first-order valence-corrected chi connectivity index (χ1v) is 16.9. The van der Waals surface area contributed by atoms with E-state index in [1.807, 2.05) is 82.3 Å². The van der Waals surface area contributed by atoms with E-state index in [1.165, 1.54) is 4.90 Å². The summed E-state index contributed by atoms with van der Waals surface area (Å²) in [5.41, 5.74) is 1.82. The number of anilines is 1. The molecule has 2 saturated heterocycles. The van der Waals surface area contributed by atoms with E-state index in [0.717, 1.165) is 16.8 Å². The molecule has 10 heteroatoms. The number of esters is 1. The van der Waals surface area contributed by atoms with E-state index >= 15 is 0 Å². The monoisotopic (exact) mass is 655 g/mol. The first-order valence-electron chi connectivity index (χ1n) is 16.9. The highest BCUT2D eigenvalue weighted by Crippen LogP contribution is 2.54. The number of nitrogens with one attached hydrogen (secondary N) is 1. The highest BCUT2D eigenvalue weighted by atomic mass is 16.6. The largest absolute Gasteiger partial charge is 0.455 e. The number of nitrogens with zero attached hydrogens (tertiary/aromatic N) is 2. The highest BCUT2D eigenvalue weighted by molar-refractivity contribution is 6.06. The Morgan fingerprint density at radius 2 is 1.79 bits per heavy atom. The fourth-order valence-corrected chi connectivity index (χ4v) is 7.79. The Bertz CT molecular complexity index is 1620. The molecule has 3 amide bonds. The molecular weight excluding hydrogens is 610 g/mol. The number of hydrogen-bond donors (Lipinski definition) is 2. The van der Waals surface area contributed by atoms with Crippen LogP contribution in [0.4, 0.5) is 5.69 Å². The van der Waals surface area contributed by atoms with E-state index in [4.69, 9.17) is 9.47 Å². The van der Waals surface area contributed by atoms with Gasteiger partial charge in [-0.05, 0) is 55.4 Å². The third kappa shape index (κ3) is 6.07. The Hall–Kier alpha value is -4.28. The molecule has 0 aromatic heterocycles. The smallest absolute Gasteiger partial charge is 0.313 e. The van der Waals surface area contributed by atoms with Gasteiger partial charge in [0.2, 0.25) is 11.8 Å². The van der Waals surface area contributed by atoms with Crippen molar-refractivity contribution in [2.45, 2.75) is 76.9 Å². The molecular formula is C38H45N3O7. The fourth-order valence-electron chi connectivity index (χ4n) is 7.79. The molecule has 7 atom stereocenters. The molecule has 254 valence electrons. The van der Waals surface area contributed by atoms with Crippen molar-refractivity contribution in [2.75, 3.05) is 24.6 Å². The van der Waals surface area contributed by atoms with E-state index in [0.29, 0.717) is 18.4 Å². The van der Waals surface area contributed by atoms with Gasteiger partial charge in [0.1, 0.15) is 23.7 Å². The lowest BCUT2D eigenvalue weighted by Crippen LogP contribution is -2.58. The van der Waals surface area contributed by atoms with Gasteiger partial charge in [-0.3, -0.25) is 19.2 Å². The van der Waals surface area contributed by atoms with Crippen LogP contribution in [0.2, 0.25) is 0 Å². The van der Waals surface area contributed by atoms with Crippen LogP contribution in [0.15, 0.2) is 72.8 Å². The van der Waals surface area contributed by atoms with Crippen LogP contribution in [0.25, 0.3) is 0 Å². The molecule has 4 aliphatic rings. The van der Waals surface area contributed by atoms with Gasteiger partial charge in [0.15, 0.2) is 0 Å². The Balaban J connectivity index is 1.47. The first kappa shape index (κ1) is 33.6. The minimum atomic E-state index is -1.50. The van der Waals surface area contributed by atoms with Gasteiger partial charge in [-0.25, -0.2) is 0 Å². The second-order valence-corrected chi connectivity index (χ2v) is 13.8. The van der Waals surface area contributed by atoms with Crippen LogP contribution in [-0.4, -0.2) is 77.2 Å². The molecule has 4 aliphatic heterocycles. The predicted molar refractivity (Wildman–Crippen MR) is 180 cm³/mol. The lowest BCUT2D eigenvalue weighted by Gasteiger charge is -2.39.